The van der Waals surface area contributed by atoms with Crippen LogP contribution in [0.3, 0.4) is 0 Å². The van der Waals surface area contributed by atoms with Gasteiger partial charge in [-0.3, -0.25) is 4.79 Å². The maximum atomic E-state index is 11.9. The molecule has 8 heteroatoms. The molecule has 6 nitrogen and oxygen atoms in total. The van der Waals surface area contributed by atoms with Gasteiger partial charge in [0.15, 0.2) is 0 Å². The summed E-state index contributed by atoms with van der Waals surface area (Å²) in [4.78, 5) is 11.7. The second-order valence-electron chi connectivity index (χ2n) is 4.26. The van der Waals surface area contributed by atoms with Crippen molar-refractivity contribution < 1.29 is 13.2 Å². The van der Waals surface area contributed by atoms with Gasteiger partial charge in [-0.15, -0.1) is 12.4 Å². The number of anilines is 1. The highest BCUT2D eigenvalue weighted by atomic mass is 35.5. The van der Waals surface area contributed by atoms with E-state index in [4.69, 9.17) is 5.73 Å². The van der Waals surface area contributed by atoms with Crippen LogP contribution in [0.4, 0.5) is 5.69 Å². The fourth-order valence-electron chi connectivity index (χ4n) is 1.43. The van der Waals surface area contributed by atoms with E-state index in [1.54, 1.807) is 12.1 Å². The summed E-state index contributed by atoms with van der Waals surface area (Å²) in [6, 6.07) is 6.17. The molecule has 0 radical (unpaired) electrons. The summed E-state index contributed by atoms with van der Waals surface area (Å²) < 4.78 is 25.0. The number of carbonyl (C=O) groups excluding carboxylic acids is 1. The number of halogens is 1. The highest BCUT2D eigenvalue weighted by Crippen LogP contribution is 2.18. The quantitative estimate of drug-likeness (QED) is 0.818. The number of rotatable bonds is 6. The van der Waals surface area contributed by atoms with Crippen molar-refractivity contribution in [1.29, 1.82) is 0 Å². The summed E-state index contributed by atoms with van der Waals surface area (Å²) in [5, 5.41) is 2.65. The summed E-state index contributed by atoms with van der Waals surface area (Å²) in [7, 11) is -0.570. The Labute approximate surface area is 125 Å². The summed E-state index contributed by atoms with van der Waals surface area (Å²) in [5.74, 6) is -0.176. The maximum absolute atomic E-state index is 11.9. The molecule has 0 aliphatic rings. The lowest BCUT2D eigenvalue weighted by atomic mass is 10.2. The molecule has 1 aromatic carbocycles. The topological polar surface area (TPSA) is 92.5 Å². The normalized spacial score (nSPS) is 11.0. The van der Waals surface area contributed by atoms with Gasteiger partial charge in [0, 0.05) is 26.2 Å². The predicted molar refractivity (Wildman–Crippen MR) is 81.5 cm³/mol. The summed E-state index contributed by atoms with van der Waals surface area (Å²) in [6.45, 7) is 0.447. The van der Waals surface area contributed by atoms with Crippen LogP contribution in [0, 0.1) is 0 Å². The van der Waals surface area contributed by atoms with Crippen molar-refractivity contribution in [1.82, 2.24) is 4.31 Å². The van der Waals surface area contributed by atoms with Crippen LogP contribution in [0.25, 0.3) is 0 Å². The van der Waals surface area contributed by atoms with Crippen LogP contribution in [0.2, 0.25) is 0 Å². The average molecular weight is 322 g/mol. The van der Waals surface area contributed by atoms with E-state index >= 15 is 0 Å². The first-order valence-corrected chi connectivity index (χ1v) is 7.34. The Morgan fingerprint density at radius 2 is 2.00 bits per heavy atom. The molecule has 0 aromatic heterocycles. The van der Waals surface area contributed by atoms with Crippen molar-refractivity contribution in [3.8, 4) is 0 Å². The van der Waals surface area contributed by atoms with E-state index in [1.807, 2.05) is 0 Å². The number of sulfonamides is 1. The number of benzene rings is 1. The number of nitrogens with zero attached hydrogens (tertiary/aromatic N) is 1. The molecule has 1 amide bonds. The minimum absolute atomic E-state index is 0. The van der Waals surface area contributed by atoms with Gasteiger partial charge in [0.2, 0.25) is 15.9 Å². The van der Waals surface area contributed by atoms with Crippen LogP contribution in [-0.2, 0) is 14.8 Å². The van der Waals surface area contributed by atoms with E-state index in [2.05, 4.69) is 5.32 Å². The highest BCUT2D eigenvalue weighted by molar-refractivity contribution is 7.89. The molecule has 0 saturated heterocycles. The first kappa shape index (κ1) is 18.9. The van der Waals surface area contributed by atoms with Crippen LogP contribution in [-0.4, -0.2) is 39.3 Å². The maximum Gasteiger partial charge on any atom is 0.242 e. The van der Waals surface area contributed by atoms with Crippen molar-refractivity contribution >= 4 is 34.0 Å². The second-order valence-corrected chi connectivity index (χ2v) is 6.41. The molecule has 20 heavy (non-hydrogen) atoms. The van der Waals surface area contributed by atoms with Crippen LogP contribution < -0.4 is 11.1 Å². The molecule has 0 aliphatic carbocycles. The zero-order valence-corrected chi connectivity index (χ0v) is 13.1. The van der Waals surface area contributed by atoms with Gasteiger partial charge in [-0.25, -0.2) is 12.7 Å². The molecule has 1 rings (SSSR count). The first-order chi connectivity index (χ1) is 8.87. The molecule has 114 valence electrons. The van der Waals surface area contributed by atoms with Crippen LogP contribution >= 0.6 is 12.4 Å². The van der Waals surface area contributed by atoms with Gasteiger partial charge in [-0.05, 0) is 31.2 Å². The lowest BCUT2D eigenvalue weighted by molar-refractivity contribution is -0.116. The Kier molecular flexibility index (Phi) is 7.74. The Morgan fingerprint density at radius 3 is 2.55 bits per heavy atom. The van der Waals surface area contributed by atoms with E-state index in [0.29, 0.717) is 25.1 Å². The molecule has 0 bridgehead atoms. The van der Waals surface area contributed by atoms with E-state index in [-0.39, 0.29) is 23.2 Å². The zero-order valence-electron chi connectivity index (χ0n) is 11.5. The number of nitrogens with two attached hydrogens (primary N) is 1. The average Bonchev–Trinajstić information content (AvgIpc) is 2.36. The number of amides is 1. The summed E-state index contributed by atoms with van der Waals surface area (Å²) >= 11 is 0. The van der Waals surface area contributed by atoms with E-state index in [1.165, 1.54) is 26.2 Å². The van der Waals surface area contributed by atoms with Crippen molar-refractivity contribution in [2.45, 2.75) is 17.7 Å². The third-order valence-corrected chi connectivity index (χ3v) is 4.32. The van der Waals surface area contributed by atoms with Gasteiger partial charge < -0.3 is 11.1 Å². The number of hydrogen-bond donors (Lipinski definition) is 2. The summed E-state index contributed by atoms with van der Waals surface area (Å²) in [6.07, 6.45) is 0.919. The molecule has 0 spiro atoms. The lowest BCUT2D eigenvalue weighted by Gasteiger charge is -2.12. The first-order valence-electron chi connectivity index (χ1n) is 5.90. The molecule has 0 heterocycles. The van der Waals surface area contributed by atoms with Crippen molar-refractivity contribution in [3.63, 3.8) is 0 Å². The van der Waals surface area contributed by atoms with Gasteiger partial charge in [-0.2, -0.15) is 0 Å². The van der Waals surface area contributed by atoms with E-state index in [9.17, 15) is 13.2 Å². The van der Waals surface area contributed by atoms with Crippen molar-refractivity contribution in [2.24, 2.45) is 5.73 Å². The number of carbonyl (C=O) groups is 1. The SMILES string of the molecule is CN(C)S(=O)(=O)c1cccc(NC(=O)CCCN)c1.Cl. The fraction of sp³-hybridized carbons (Fsp3) is 0.417. The fourth-order valence-corrected chi connectivity index (χ4v) is 2.38. The minimum atomic E-state index is -3.49. The number of hydrogen-bond acceptors (Lipinski definition) is 4. The van der Waals surface area contributed by atoms with Gasteiger partial charge in [0.1, 0.15) is 0 Å². The van der Waals surface area contributed by atoms with Crippen LogP contribution in [0.1, 0.15) is 12.8 Å². The Bertz CT molecular complexity index is 547. The lowest BCUT2D eigenvalue weighted by Crippen LogP contribution is -2.22. The molecule has 0 atom stereocenters. The van der Waals surface area contributed by atoms with Crippen LogP contribution in [0.15, 0.2) is 29.2 Å². The smallest absolute Gasteiger partial charge is 0.242 e. The molecule has 0 saturated carbocycles. The predicted octanol–water partition coefficient (Wildman–Crippen LogP) is 1.04. The van der Waals surface area contributed by atoms with E-state index < -0.39 is 10.0 Å². The highest BCUT2D eigenvalue weighted by Gasteiger charge is 2.17. The molecule has 0 aliphatic heterocycles. The van der Waals surface area contributed by atoms with Crippen molar-refractivity contribution in [2.75, 3.05) is 26.0 Å². The van der Waals surface area contributed by atoms with Gasteiger partial charge in [0.05, 0.1) is 4.90 Å². The third kappa shape index (κ3) is 5.09. The zero-order chi connectivity index (χ0) is 14.5. The Balaban J connectivity index is 0.00000361. The standard InChI is InChI=1S/C12H19N3O3S.ClH/c1-15(2)19(17,18)11-6-3-5-10(9-11)14-12(16)7-4-8-13;/h3,5-6,9H,4,7-8,13H2,1-2H3,(H,14,16);1H. The Morgan fingerprint density at radius 1 is 1.35 bits per heavy atom. The molecule has 3 N–H and O–H groups in total. The van der Waals surface area contributed by atoms with E-state index in [0.717, 1.165) is 4.31 Å². The molecular weight excluding hydrogens is 302 g/mol. The van der Waals surface area contributed by atoms with Crippen LogP contribution in [0.5, 0.6) is 0 Å². The molecule has 0 fully saturated rings. The Hall–Kier alpha value is -1.15. The molecule has 1 aromatic rings. The minimum Gasteiger partial charge on any atom is -0.330 e. The molecule has 0 unspecified atom stereocenters. The largest absolute Gasteiger partial charge is 0.330 e. The van der Waals surface area contributed by atoms with Crippen molar-refractivity contribution in [3.05, 3.63) is 24.3 Å². The molecular formula is C12H20ClN3O3S. The van der Waals surface area contributed by atoms with Gasteiger partial charge >= 0.3 is 0 Å². The third-order valence-electron chi connectivity index (χ3n) is 2.50. The summed E-state index contributed by atoms with van der Waals surface area (Å²) in [5.41, 5.74) is 5.78. The number of nitrogens with one attached hydrogen (secondary N) is 1. The van der Waals surface area contributed by atoms with Gasteiger partial charge in [-0.1, -0.05) is 6.07 Å². The van der Waals surface area contributed by atoms with Gasteiger partial charge in [0.25, 0.3) is 0 Å². The monoisotopic (exact) mass is 321 g/mol. The second kappa shape index (κ2) is 8.21.